The number of rotatable bonds is 4. The van der Waals surface area contributed by atoms with Gasteiger partial charge in [-0.25, -0.2) is 0 Å². The van der Waals surface area contributed by atoms with Gasteiger partial charge in [-0.15, -0.1) is 0 Å². The van der Waals surface area contributed by atoms with Crippen LogP contribution >= 0.6 is 11.6 Å². The standard InChI is InChI=1S/C21H22ClN3O3/c1-28-19-5-2-14(22)10-18(19)21(27)25-16-3-4-17(25)12-15(11-16)24-20(26)13-6-8-23-9-7-13/h2,5-10,15-17H,3-4,11-12H2,1H3,(H,24,26)/t15?,16-,17+. The van der Waals surface area contributed by atoms with E-state index < -0.39 is 0 Å². The van der Waals surface area contributed by atoms with Crippen LogP contribution in [0.3, 0.4) is 0 Å². The van der Waals surface area contributed by atoms with E-state index in [9.17, 15) is 9.59 Å². The molecule has 6 nitrogen and oxygen atoms in total. The highest BCUT2D eigenvalue weighted by atomic mass is 35.5. The summed E-state index contributed by atoms with van der Waals surface area (Å²) in [7, 11) is 1.55. The number of halogens is 1. The molecule has 2 aromatic rings. The number of carbonyl (C=O) groups excluding carboxylic acids is 2. The van der Waals surface area contributed by atoms with Crippen molar-refractivity contribution in [2.24, 2.45) is 0 Å². The Morgan fingerprint density at radius 1 is 1.14 bits per heavy atom. The lowest BCUT2D eigenvalue weighted by Crippen LogP contribution is -2.52. The molecule has 2 aliphatic rings. The summed E-state index contributed by atoms with van der Waals surface area (Å²) >= 11 is 6.11. The van der Waals surface area contributed by atoms with Crippen molar-refractivity contribution in [2.75, 3.05) is 7.11 Å². The predicted molar refractivity (Wildman–Crippen MR) is 106 cm³/mol. The molecule has 7 heteroatoms. The fourth-order valence-electron chi connectivity index (χ4n) is 4.38. The Hall–Kier alpha value is -2.60. The van der Waals surface area contributed by atoms with Crippen molar-refractivity contribution < 1.29 is 14.3 Å². The monoisotopic (exact) mass is 399 g/mol. The third kappa shape index (κ3) is 3.56. The lowest BCUT2D eigenvalue weighted by molar-refractivity contribution is 0.0546. The lowest BCUT2D eigenvalue weighted by Gasteiger charge is -2.39. The topological polar surface area (TPSA) is 71.5 Å². The highest BCUT2D eigenvalue weighted by Crippen LogP contribution is 2.38. The zero-order chi connectivity index (χ0) is 19.7. The van der Waals surface area contributed by atoms with Gasteiger partial charge < -0.3 is 15.0 Å². The van der Waals surface area contributed by atoms with E-state index in [1.165, 1.54) is 0 Å². The first-order valence-electron chi connectivity index (χ1n) is 9.44. The summed E-state index contributed by atoms with van der Waals surface area (Å²) < 4.78 is 5.36. The number of nitrogens with one attached hydrogen (secondary N) is 1. The van der Waals surface area contributed by atoms with E-state index in [1.54, 1.807) is 49.8 Å². The highest BCUT2D eigenvalue weighted by molar-refractivity contribution is 6.31. The summed E-state index contributed by atoms with van der Waals surface area (Å²) in [6.45, 7) is 0. The number of hydrogen-bond donors (Lipinski definition) is 1. The minimum atomic E-state index is -0.0944. The summed E-state index contributed by atoms with van der Waals surface area (Å²) in [6, 6.07) is 8.78. The fraction of sp³-hybridized carbons (Fsp3) is 0.381. The molecule has 2 saturated heterocycles. The number of methoxy groups -OCH3 is 1. The third-order valence-electron chi connectivity index (χ3n) is 5.64. The van der Waals surface area contributed by atoms with Crippen LogP contribution in [0.5, 0.6) is 5.75 Å². The smallest absolute Gasteiger partial charge is 0.258 e. The molecule has 146 valence electrons. The first-order valence-corrected chi connectivity index (χ1v) is 9.81. The summed E-state index contributed by atoms with van der Waals surface area (Å²) in [6.07, 6.45) is 6.61. The van der Waals surface area contributed by atoms with E-state index >= 15 is 0 Å². The average Bonchev–Trinajstić information content (AvgIpc) is 2.98. The van der Waals surface area contributed by atoms with Gasteiger partial charge in [-0.2, -0.15) is 0 Å². The Morgan fingerprint density at radius 3 is 2.46 bits per heavy atom. The maximum absolute atomic E-state index is 13.2. The van der Waals surface area contributed by atoms with E-state index in [0.29, 0.717) is 21.9 Å². The number of ether oxygens (including phenoxy) is 1. The van der Waals surface area contributed by atoms with E-state index in [1.807, 2.05) is 4.90 Å². The normalized spacial score (nSPS) is 23.4. The summed E-state index contributed by atoms with van der Waals surface area (Å²) in [5.74, 6) is 0.385. The van der Waals surface area contributed by atoms with Crippen LogP contribution in [0.1, 0.15) is 46.4 Å². The first-order chi connectivity index (χ1) is 13.6. The molecule has 2 amide bonds. The molecule has 1 aromatic carbocycles. The van der Waals surface area contributed by atoms with Crippen LogP contribution in [0.2, 0.25) is 5.02 Å². The van der Waals surface area contributed by atoms with Gasteiger partial charge >= 0.3 is 0 Å². The van der Waals surface area contributed by atoms with Crippen LogP contribution in [0.15, 0.2) is 42.7 Å². The van der Waals surface area contributed by atoms with E-state index in [0.717, 1.165) is 25.7 Å². The Balaban J connectivity index is 1.48. The second-order valence-electron chi connectivity index (χ2n) is 7.32. The largest absolute Gasteiger partial charge is 0.496 e. The predicted octanol–water partition coefficient (Wildman–Crippen LogP) is 3.31. The van der Waals surface area contributed by atoms with Crippen molar-refractivity contribution in [3.63, 3.8) is 0 Å². The maximum Gasteiger partial charge on any atom is 0.258 e. The molecular weight excluding hydrogens is 378 g/mol. The van der Waals surface area contributed by atoms with Crippen LogP contribution in [0, 0.1) is 0 Å². The van der Waals surface area contributed by atoms with E-state index in [4.69, 9.17) is 16.3 Å². The molecular formula is C21H22ClN3O3. The SMILES string of the molecule is COc1ccc(Cl)cc1C(=O)N1[C@@H]2CC[C@H]1CC(NC(=O)c1ccncc1)C2. The van der Waals surface area contributed by atoms with Gasteiger partial charge in [0.2, 0.25) is 0 Å². The molecule has 1 unspecified atom stereocenters. The molecule has 2 aliphatic heterocycles. The van der Waals surface area contributed by atoms with Gasteiger partial charge in [0.05, 0.1) is 12.7 Å². The Labute approximate surface area is 168 Å². The first kappa shape index (κ1) is 18.7. The van der Waals surface area contributed by atoms with Crippen molar-refractivity contribution in [3.8, 4) is 5.75 Å². The number of carbonyl (C=O) groups is 2. The van der Waals surface area contributed by atoms with Gasteiger partial charge in [0, 0.05) is 41.1 Å². The molecule has 2 fully saturated rings. The van der Waals surface area contributed by atoms with Crippen LogP contribution < -0.4 is 10.1 Å². The molecule has 28 heavy (non-hydrogen) atoms. The molecule has 3 atom stereocenters. The minimum Gasteiger partial charge on any atom is -0.496 e. The van der Waals surface area contributed by atoms with Crippen LogP contribution in [0.25, 0.3) is 0 Å². The molecule has 1 N–H and O–H groups in total. The Kier molecular flexibility index (Phi) is 5.22. The zero-order valence-corrected chi connectivity index (χ0v) is 16.4. The molecule has 0 saturated carbocycles. The second-order valence-corrected chi connectivity index (χ2v) is 7.76. The quantitative estimate of drug-likeness (QED) is 0.856. The molecule has 3 heterocycles. The van der Waals surface area contributed by atoms with E-state index in [-0.39, 0.29) is 29.9 Å². The van der Waals surface area contributed by atoms with Gasteiger partial charge in [0.25, 0.3) is 11.8 Å². The van der Waals surface area contributed by atoms with E-state index in [2.05, 4.69) is 10.3 Å². The molecule has 0 aliphatic carbocycles. The summed E-state index contributed by atoms with van der Waals surface area (Å²) in [5, 5.41) is 3.63. The highest BCUT2D eigenvalue weighted by Gasteiger charge is 2.44. The number of piperidine rings is 1. The van der Waals surface area contributed by atoms with Gasteiger partial charge in [0.1, 0.15) is 5.75 Å². The van der Waals surface area contributed by atoms with Crippen LogP contribution in [-0.2, 0) is 0 Å². The van der Waals surface area contributed by atoms with Crippen molar-refractivity contribution in [3.05, 3.63) is 58.9 Å². The maximum atomic E-state index is 13.2. The van der Waals surface area contributed by atoms with Crippen LogP contribution in [-0.4, -0.2) is 46.9 Å². The Morgan fingerprint density at radius 2 is 1.82 bits per heavy atom. The van der Waals surface area contributed by atoms with Crippen molar-refractivity contribution >= 4 is 23.4 Å². The second kappa shape index (κ2) is 7.80. The van der Waals surface area contributed by atoms with Crippen LogP contribution in [0.4, 0.5) is 0 Å². The van der Waals surface area contributed by atoms with Gasteiger partial charge in [-0.1, -0.05) is 11.6 Å². The number of amides is 2. The third-order valence-corrected chi connectivity index (χ3v) is 5.87. The summed E-state index contributed by atoms with van der Waals surface area (Å²) in [4.78, 5) is 31.6. The number of pyridine rings is 1. The lowest BCUT2D eigenvalue weighted by atomic mass is 9.95. The fourth-order valence-corrected chi connectivity index (χ4v) is 4.56. The van der Waals surface area contributed by atoms with Gasteiger partial charge in [-0.3, -0.25) is 14.6 Å². The number of benzene rings is 1. The Bertz CT molecular complexity index is 876. The molecule has 0 spiro atoms. The zero-order valence-electron chi connectivity index (χ0n) is 15.6. The van der Waals surface area contributed by atoms with Crippen molar-refractivity contribution in [1.29, 1.82) is 0 Å². The van der Waals surface area contributed by atoms with Gasteiger partial charge in [-0.05, 0) is 56.0 Å². The number of fused-ring (bicyclic) bond motifs is 2. The molecule has 4 rings (SSSR count). The minimum absolute atomic E-state index is 0.0502. The molecule has 0 radical (unpaired) electrons. The molecule has 2 bridgehead atoms. The number of hydrogen-bond acceptors (Lipinski definition) is 4. The average molecular weight is 400 g/mol. The number of nitrogens with zero attached hydrogens (tertiary/aromatic N) is 2. The summed E-state index contributed by atoms with van der Waals surface area (Å²) in [5.41, 5.74) is 1.09. The van der Waals surface area contributed by atoms with Crippen molar-refractivity contribution in [1.82, 2.24) is 15.2 Å². The van der Waals surface area contributed by atoms with Gasteiger partial charge in [0.15, 0.2) is 0 Å². The van der Waals surface area contributed by atoms with Crippen molar-refractivity contribution in [2.45, 2.75) is 43.8 Å². The molecule has 1 aromatic heterocycles. The number of aromatic nitrogens is 1.